The minimum atomic E-state index is 0.141. The van der Waals surface area contributed by atoms with E-state index < -0.39 is 0 Å². The van der Waals surface area contributed by atoms with Crippen molar-refractivity contribution in [1.29, 1.82) is 0 Å². The van der Waals surface area contributed by atoms with E-state index >= 15 is 0 Å². The lowest BCUT2D eigenvalue weighted by molar-refractivity contribution is 0.254. The summed E-state index contributed by atoms with van der Waals surface area (Å²) in [6.07, 6.45) is 7.91. The molecule has 124 valence electrons. The van der Waals surface area contributed by atoms with Gasteiger partial charge in [0, 0.05) is 35.9 Å². The molecule has 1 saturated heterocycles. The zero-order valence-electron chi connectivity index (χ0n) is 12.9. The number of aromatic nitrogens is 4. The number of hydrogen-bond acceptors (Lipinski definition) is 6. The Morgan fingerprint density at radius 1 is 1.38 bits per heavy atom. The van der Waals surface area contributed by atoms with Gasteiger partial charge in [0.1, 0.15) is 17.2 Å². The predicted molar refractivity (Wildman–Crippen MR) is 92.1 cm³/mol. The van der Waals surface area contributed by atoms with Gasteiger partial charge in [0.2, 0.25) is 0 Å². The van der Waals surface area contributed by atoms with Crippen LogP contribution in [0, 0.1) is 0 Å². The number of aliphatic hydroxyl groups excluding tert-OH is 1. The number of pyridine rings is 1. The number of imidazole rings is 1. The maximum absolute atomic E-state index is 9.20. The summed E-state index contributed by atoms with van der Waals surface area (Å²) < 4.78 is 1.93. The number of hydrogen-bond donors (Lipinski definition) is 3. The standard InChI is InChI=1S/C16H17ClN6O/c17-10-1-2-23-14(7-20-16(23)3-10)13-6-18-8-15(22-13)21-11-4-12(9-24)19-5-11/h1-3,6-8,11-12,19,24H,4-5,9H2,(H,21,22)/t11-,12+/m1/s1. The van der Waals surface area contributed by atoms with Crippen molar-refractivity contribution in [1.82, 2.24) is 24.7 Å². The van der Waals surface area contributed by atoms with E-state index in [1.807, 2.05) is 16.7 Å². The Hall–Kier alpha value is -2.22. The summed E-state index contributed by atoms with van der Waals surface area (Å²) in [6.45, 7) is 0.944. The number of aliphatic hydroxyl groups is 1. The first kappa shape index (κ1) is 15.3. The molecule has 4 heterocycles. The average Bonchev–Trinajstić information content (AvgIpc) is 3.21. The molecule has 3 N–H and O–H groups in total. The van der Waals surface area contributed by atoms with Crippen LogP contribution in [0.1, 0.15) is 6.42 Å². The summed E-state index contributed by atoms with van der Waals surface area (Å²) in [5, 5.41) is 16.5. The minimum absolute atomic E-state index is 0.141. The zero-order valence-corrected chi connectivity index (χ0v) is 13.6. The highest BCUT2D eigenvalue weighted by atomic mass is 35.5. The quantitative estimate of drug-likeness (QED) is 0.666. The van der Waals surface area contributed by atoms with Crippen LogP contribution < -0.4 is 10.6 Å². The van der Waals surface area contributed by atoms with Crippen molar-refractivity contribution in [2.24, 2.45) is 0 Å². The van der Waals surface area contributed by atoms with Gasteiger partial charge < -0.3 is 15.7 Å². The molecule has 7 nitrogen and oxygen atoms in total. The topological polar surface area (TPSA) is 87.4 Å². The summed E-state index contributed by atoms with van der Waals surface area (Å²) in [6, 6.07) is 3.99. The van der Waals surface area contributed by atoms with Crippen LogP contribution >= 0.6 is 11.6 Å². The maximum atomic E-state index is 9.20. The molecule has 3 aromatic rings. The highest BCUT2D eigenvalue weighted by molar-refractivity contribution is 6.30. The normalized spacial score (nSPS) is 20.6. The molecule has 0 amide bonds. The van der Waals surface area contributed by atoms with Gasteiger partial charge in [-0.3, -0.25) is 9.38 Å². The van der Waals surface area contributed by atoms with E-state index in [9.17, 15) is 5.11 Å². The summed E-state index contributed by atoms with van der Waals surface area (Å²) >= 11 is 6.00. The van der Waals surface area contributed by atoms with Gasteiger partial charge in [0.15, 0.2) is 0 Å². The van der Waals surface area contributed by atoms with Crippen LogP contribution in [0.25, 0.3) is 17.0 Å². The maximum Gasteiger partial charge on any atom is 0.145 e. The number of nitrogens with zero attached hydrogens (tertiary/aromatic N) is 4. The van der Waals surface area contributed by atoms with Gasteiger partial charge in [0.05, 0.1) is 30.9 Å². The fraction of sp³-hybridized carbons (Fsp3) is 0.312. The molecule has 4 rings (SSSR count). The van der Waals surface area contributed by atoms with Crippen molar-refractivity contribution in [2.75, 3.05) is 18.5 Å². The predicted octanol–water partition coefficient (Wildman–Crippen LogP) is 1.58. The molecule has 0 aromatic carbocycles. The number of anilines is 1. The van der Waals surface area contributed by atoms with Crippen molar-refractivity contribution in [2.45, 2.75) is 18.5 Å². The van der Waals surface area contributed by atoms with E-state index in [0.717, 1.165) is 30.0 Å². The third-order valence-corrected chi connectivity index (χ3v) is 4.40. The number of rotatable bonds is 4. The molecule has 0 saturated carbocycles. The molecule has 1 aliphatic rings. The first-order valence-electron chi connectivity index (χ1n) is 7.79. The van der Waals surface area contributed by atoms with Crippen molar-refractivity contribution in [3.8, 4) is 11.4 Å². The van der Waals surface area contributed by atoms with Crippen LogP contribution in [-0.4, -0.2) is 49.7 Å². The monoisotopic (exact) mass is 344 g/mol. The van der Waals surface area contributed by atoms with Gasteiger partial charge >= 0.3 is 0 Å². The van der Waals surface area contributed by atoms with Crippen LogP contribution in [0.2, 0.25) is 5.02 Å². The van der Waals surface area contributed by atoms with Crippen LogP contribution in [0.4, 0.5) is 5.82 Å². The van der Waals surface area contributed by atoms with Crippen LogP contribution in [0.15, 0.2) is 36.9 Å². The van der Waals surface area contributed by atoms with Gasteiger partial charge in [-0.25, -0.2) is 9.97 Å². The molecule has 0 unspecified atom stereocenters. The van der Waals surface area contributed by atoms with Crippen molar-refractivity contribution in [3.63, 3.8) is 0 Å². The molecule has 8 heteroatoms. The fourth-order valence-electron chi connectivity index (χ4n) is 2.98. The largest absolute Gasteiger partial charge is 0.395 e. The molecule has 1 fully saturated rings. The third-order valence-electron chi connectivity index (χ3n) is 4.17. The van der Waals surface area contributed by atoms with Crippen LogP contribution in [-0.2, 0) is 0 Å². The molecule has 0 spiro atoms. The molecular formula is C16H17ClN6O. The Bertz CT molecular complexity index is 867. The number of halogens is 1. The van der Waals surface area contributed by atoms with Crippen molar-refractivity contribution in [3.05, 3.63) is 41.9 Å². The molecular weight excluding hydrogens is 328 g/mol. The molecule has 0 radical (unpaired) electrons. The lowest BCUT2D eigenvalue weighted by atomic mass is 10.2. The molecule has 2 atom stereocenters. The van der Waals surface area contributed by atoms with Gasteiger partial charge in [0.25, 0.3) is 0 Å². The lowest BCUT2D eigenvalue weighted by Gasteiger charge is -2.12. The molecule has 24 heavy (non-hydrogen) atoms. The second-order valence-corrected chi connectivity index (χ2v) is 6.31. The molecule has 0 aliphatic carbocycles. The Balaban J connectivity index is 1.60. The molecule has 1 aliphatic heterocycles. The van der Waals surface area contributed by atoms with Gasteiger partial charge in [-0.1, -0.05) is 11.6 Å². The van der Waals surface area contributed by atoms with Crippen molar-refractivity contribution < 1.29 is 5.11 Å². The van der Waals surface area contributed by atoms with Gasteiger partial charge in [-0.15, -0.1) is 0 Å². The Morgan fingerprint density at radius 2 is 2.29 bits per heavy atom. The van der Waals surface area contributed by atoms with E-state index in [1.165, 1.54) is 0 Å². The zero-order chi connectivity index (χ0) is 16.5. The highest BCUT2D eigenvalue weighted by Gasteiger charge is 2.23. The second-order valence-electron chi connectivity index (χ2n) is 5.87. The van der Waals surface area contributed by atoms with E-state index in [4.69, 9.17) is 11.6 Å². The summed E-state index contributed by atoms with van der Waals surface area (Å²) in [7, 11) is 0. The number of nitrogens with one attached hydrogen (secondary N) is 2. The second kappa shape index (κ2) is 6.35. The van der Waals surface area contributed by atoms with E-state index in [1.54, 1.807) is 24.7 Å². The molecule has 0 bridgehead atoms. The first-order valence-corrected chi connectivity index (χ1v) is 8.16. The van der Waals surface area contributed by atoms with E-state index in [0.29, 0.717) is 10.8 Å². The fourth-order valence-corrected chi connectivity index (χ4v) is 3.14. The lowest BCUT2D eigenvalue weighted by Crippen LogP contribution is -2.25. The first-order chi connectivity index (χ1) is 11.7. The number of fused-ring (bicyclic) bond motifs is 1. The highest BCUT2D eigenvalue weighted by Crippen LogP contribution is 2.22. The Morgan fingerprint density at radius 3 is 3.12 bits per heavy atom. The average molecular weight is 345 g/mol. The molecule has 3 aromatic heterocycles. The summed E-state index contributed by atoms with van der Waals surface area (Å²) in [5.74, 6) is 0.710. The Kier molecular flexibility index (Phi) is 4.05. The summed E-state index contributed by atoms with van der Waals surface area (Å²) in [4.78, 5) is 13.3. The van der Waals surface area contributed by atoms with Crippen LogP contribution in [0.3, 0.4) is 0 Å². The van der Waals surface area contributed by atoms with E-state index in [2.05, 4.69) is 25.6 Å². The van der Waals surface area contributed by atoms with Gasteiger partial charge in [-0.05, 0) is 12.5 Å². The van der Waals surface area contributed by atoms with Gasteiger partial charge in [-0.2, -0.15) is 0 Å². The van der Waals surface area contributed by atoms with Crippen LogP contribution in [0.5, 0.6) is 0 Å². The third kappa shape index (κ3) is 2.93. The smallest absolute Gasteiger partial charge is 0.145 e. The van der Waals surface area contributed by atoms with Crippen molar-refractivity contribution >= 4 is 23.1 Å². The van der Waals surface area contributed by atoms with E-state index in [-0.39, 0.29) is 18.7 Å². The Labute approximate surface area is 143 Å². The summed E-state index contributed by atoms with van der Waals surface area (Å²) in [5.41, 5.74) is 2.36. The minimum Gasteiger partial charge on any atom is -0.395 e. The SMILES string of the molecule is OC[C@@H]1C[C@@H](Nc2cncc(-c3cnc4cc(Cl)ccn34)n2)CN1.